The van der Waals surface area contributed by atoms with E-state index in [0.29, 0.717) is 29.7 Å². The van der Waals surface area contributed by atoms with Gasteiger partial charge in [-0.25, -0.2) is 13.1 Å². The Bertz CT molecular complexity index is 905. The van der Waals surface area contributed by atoms with Gasteiger partial charge in [0.05, 0.1) is 12.0 Å². The van der Waals surface area contributed by atoms with Crippen molar-refractivity contribution in [3.63, 3.8) is 0 Å². The van der Waals surface area contributed by atoms with Crippen LogP contribution in [0.15, 0.2) is 16.0 Å². The summed E-state index contributed by atoms with van der Waals surface area (Å²) in [7, 11) is -2.38. The molecule has 1 aromatic rings. The molecule has 1 atom stereocenters. The van der Waals surface area contributed by atoms with E-state index in [1.165, 1.54) is 7.11 Å². The molecule has 0 fully saturated rings. The van der Waals surface area contributed by atoms with Gasteiger partial charge in [0.25, 0.3) is 10.0 Å². The summed E-state index contributed by atoms with van der Waals surface area (Å²) in [5.74, 6) is -0.0963. The van der Waals surface area contributed by atoms with E-state index in [2.05, 4.69) is 9.71 Å². The highest BCUT2D eigenvalue weighted by Gasteiger charge is 2.24. The number of rotatable bonds is 8. The van der Waals surface area contributed by atoms with Gasteiger partial charge in [-0.15, -0.1) is 0 Å². The second-order valence-corrected chi connectivity index (χ2v) is 9.75. The van der Waals surface area contributed by atoms with Crippen molar-refractivity contribution < 1.29 is 22.7 Å². The maximum Gasteiger partial charge on any atom is 0.323 e. The first-order valence-electron chi connectivity index (χ1n) is 9.65. The molecular formula is C20H34N4O5S. The molecule has 0 saturated heterocycles. The fourth-order valence-electron chi connectivity index (χ4n) is 2.87. The van der Waals surface area contributed by atoms with Gasteiger partial charge in [0, 0.05) is 6.54 Å². The zero-order valence-electron chi connectivity index (χ0n) is 18.8. The third kappa shape index (κ3) is 7.17. The van der Waals surface area contributed by atoms with Gasteiger partial charge in [-0.05, 0) is 77.1 Å². The van der Waals surface area contributed by atoms with Crippen LogP contribution in [0.2, 0.25) is 0 Å². The lowest BCUT2D eigenvalue weighted by Crippen LogP contribution is -2.38. The number of ether oxygens (including phenoxy) is 2. The minimum atomic E-state index is -3.92. The lowest BCUT2D eigenvalue weighted by molar-refractivity contribution is -0.156. The van der Waals surface area contributed by atoms with Crippen LogP contribution >= 0.6 is 0 Å². The van der Waals surface area contributed by atoms with Crippen LogP contribution in [-0.2, 0) is 19.6 Å². The zero-order valence-corrected chi connectivity index (χ0v) is 19.6. The summed E-state index contributed by atoms with van der Waals surface area (Å²) in [4.78, 5) is 16.0. The van der Waals surface area contributed by atoms with Crippen molar-refractivity contribution in [3.05, 3.63) is 22.8 Å². The Morgan fingerprint density at radius 2 is 1.83 bits per heavy atom. The lowest BCUT2D eigenvalue weighted by atomic mass is 10.1. The molecular weight excluding hydrogens is 408 g/mol. The molecule has 30 heavy (non-hydrogen) atoms. The number of carbonyl (C=O) groups is 1. The lowest BCUT2D eigenvalue weighted by Gasteiger charge is -2.22. The van der Waals surface area contributed by atoms with E-state index in [-0.39, 0.29) is 17.4 Å². The Morgan fingerprint density at radius 1 is 1.23 bits per heavy atom. The SMILES string of the molecule is COc1cc(C)c(S(=O)(=O)NC(N)=NCCC[C@@H](N)C(=O)OC(C)(C)C)c(C)c1C. The normalized spacial score (nSPS) is 13.7. The molecule has 1 rings (SSSR count). The number of sulfonamides is 1. The van der Waals surface area contributed by atoms with Crippen molar-refractivity contribution in [2.24, 2.45) is 16.5 Å². The first kappa shape index (κ1) is 25.7. The predicted octanol–water partition coefficient (Wildman–Crippen LogP) is 1.66. The van der Waals surface area contributed by atoms with Gasteiger partial charge in [0.1, 0.15) is 17.4 Å². The van der Waals surface area contributed by atoms with Crippen LogP contribution in [0.25, 0.3) is 0 Å². The molecule has 9 nitrogen and oxygen atoms in total. The Morgan fingerprint density at radius 3 is 2.37 bits per heavy atom. The van der Waals surface area contributed by atoms with Crippen LogP contribution < -0.4 is 20.9 Å². The summed E-state index contributed by atoms with van der Waals surface area (Å²) in [6, 6.07) is 0.896. The van der Waals surface area contributed by atoms with Crippen molar-refractivity contribution in [2.75, 3.05) is 13.7 Å². The molecule has 0 aromatic heterocycles. The van der Waals surface area contributed by atoms with Crippen LogP contribution in [0.4, 0.5) is 0 Å². The van der Waals surface area contributed by atoms with E-state index in [9.17, 15) is 13.2 Å². The van der Waals surface area contributed by atoms with Crippen LogP contribution in [0.3, 0.4) is 0 Å². The molecule has 170 valence electrons. The third-order valence-corrected chi connectivity index (χ3v) is 6.01. The van der Waals surface area contributed by atoms with Gasteiger partial charge in [-0.3, -0.25) is 9.79 Å². The van der Waals surface area contributed by atoms with Gasteiger partial charge in [-0.1, -0.05) is 0 Å². The molecule has 0 unspecified atom stereocenters. The Kier molecular flexibility index (Phi) is 8.67. The van der Waals surface area contributed by atoms with E-state index >= 15 is 0 Å². The molecule has 0 saturated carbocycles. The highest BCUT2D eigenvalue weighted by molar-refractivity contribution is 7.90. The number of hydrogen-bond donors (Lipinski definition) is 3. The fraction of sp³-hybridized carbons (Fsp3) is 0.600. The molecule has 5 N–H and O–H groups in total. The quantitative estimate of drug-likeness (QED) is 0.240. The van der Waals surface area contributed by atoms with E-state index < -0.39 is 27.6 Å². The Labute approximate surface area is 179 Å². The van der Waals surface area contributed by atoms with Gasteiger partial charge >= 0.3 is 5.97 Å². The number of nitrogens with one attached hydrogen (secondary N) is 1. The smallest absolute Gasteiger partial charge is 0.323 e. The maximum atomic E-state index is 12.8. The molecule has 0 aliphatic carbocycles. The summed E-state index contributed by atoms with van der Waals surface area (Å²) in [5.41, 5.74) is 12.8. The average Bonchev–Trinajstić information content (AvgIpc) is 2.59. The number of nitrogens with two attached hydrogens (primary N) is 2. The van der Waals surface area contributed by atoms with E-state index in [0.717, 1.165) is 5.56 Å². The van der Waals surface area contributed by atoms with Crippen molar-refractivity contribution >= 4 is 22.0 Å². The summed E-state index contributed by atoms with van der Waals surface area (Å²) < 4.78 is 38.4. The van der Waals surface area contributed by atoms with Crippen LogP contribution in [-0.4, -0.2) is 45.6 Å². The number of aryl methyl sites for hydroxylation is 1. The molecule has 0 bridgehead atoms. The van der Waals surface area contributed by atoms with Crippen molar-refractivity contribution in [2.45, 2.75) is 70.9 Å². The third-order valence-electron chi connectivity index (χ3n) is 4.37. The molecule has 0 aliphatic heterocycles. The molecule has 0 spiro atoms. The van der Waals surface area contributed by atoms with Crippen LogP contribution in [0.5, 0.6) is 5.75 Å². The molecule has 10 heteroatoms. The monoisotopic (exact) mass is 442 g/mol. The minimum Gasteiger partial charge on any atom is -0.496 e. The highest BCUT2D eigenvalue weighted by atomic mass is 32.2. The summed E-state index contributed by atoms with van der Waals surface area (Å²) >= 11 is 0. The first-order valence-corrected chi connectivity index (χ1v) is 11.1. The van der Waals surface area contributed by atoms with Crippen LogP contribution in [0, 0.1) is 20.8 Å². The van der Waals surface area contributed by atoms with Gasteiger partial charge < -0.3 is 20.9 Å². The topological polar surface area (TPSA) is 146 Å². The maximum absolute atomic E-state index is 12.8. The predicted molar refractivity (Wildman–Crippen MR) is 117 cm³/mol. The van der Waals surface area contributed by atoms with Crippen LogP contribution in [0.1, 0.15) is 50.3 Å². The number of nitrogens with zero attached hydrogens (tertiary/aromatic N) is 1. The second kappa shape index (κ2) is 10.1. The minimum absolute atomic E-state index is 0.144. The zero-order chi connectivity index (χ0) is 23.3. The molecule has 0 radical (unpaired) electrons. The largest absolute Gasteiger partial charge is 0.496 e. The summed E-state index contributed by atoms with van der Waals surface area (Å²) in [5, 5.41) is 0. The highest BCUT2D eigenvalue weighted by Crippen LogP contribution is 2.30. The summed E-state index contributed by atoms with van der Waals surface area (Å²) in [6.07, 6.45) is 0.789. The van der Waals surface area contributed by atoms with Gasteiger partial charge in [0.15, 0.2) is 0 Å². The Hall–Kier alpha value is -2.33. The van der Waals surface area contributed by atoms with Crippen molar-refractivity contribution in [3.8, 4) is 5.75 Å². The van der Waals surface area contributed by atoms with Gasteiger partial charge in [0.2, 0.25) is 5.96 Å². The number of esters is 1. The standard InChI is InChI=1S/C20H34N4O5S/c1-12-11-16(28-7)13(2)14(3)17(12)30(26,27)24-19(22)23-10-8-9-15(21)18(25)29-20(4,5)6/h11,15H,8-10,21H2,1-7H3,(H3,22,23,24)/t15-/m1/s1. The first-order chi connectivity index (χ1) is 13.7. The second-order valence-electron chi connectivity index (χ2n) is 8.13. The number of carbonyl (C=O) groups excluding carboxylic acids is 1. The average molecular weight is 443 g/mol. The molecule has 0 amide bonds. The number of methoxy groups -OCH3 is 1. The van der Waals surface area contributed by atoms with Gasteiger partial charge in [-0.2, -0.15) is 0 Å². The number of aliphatic imine (C=N–C) groups is 1. The Balaban J connectivity index is 2.76. The molecule has 1 aromatic carbocycles. The van der Waals surface area contributed by atoms with Crippen molar-refractivity contribution in [1.29, 1.82) is 0 Å². The van der Waals surface area contributed by atoms with E-state index in [1.807, 2.05) is 0 Å². The number of guanidine groups is 1. The van der Waals surface area contributed by atoms with Crippen molar-refractivity contribution in [1.82, 2.24) is 4.72 Å². The molecule has 0 aliphatic rings. The molecule has 0 heterocycles. The fourth-order valence-corrected chi connectivity index (χ4v) is 4.35. The van der Waals surface area contributed by atoms with E-state index in [4.69, 9.17) is 20.9 Å². The van der Waals surface area contributed by atoms with E-state index in [1.54, 1.807) is 47.6 Å². The number of benzene rings is 1. The number of hydrogen-bond acceptors (Lipinski definition) is 7. The summed E-state index contributed by atoms with van der Waals surface area (Å²) in [6.45, 7) is 10.7.